The SMILES string of the molecule is CC(C)CN1C(=O)C(NC(=O)[C@@H](NC(=O)Cc2cc(F)cc(F)c2)C(C)C)C(=O)N(CC(C)C)c2ccccc21. The van der Waals surface area contributed by atoms with Gasteiger partial charge < -0.3 is 20.4 Å². The van der Waals surface area contributed by atoms with E-state index in [1.165, 1.54) is 9.80 Å². The van der Waals surface area contributed by atoms with Crippen LogP contribution in [0.5, 0.6) is 0 Å². The summed E-state index contributed by atoms with van der Waals surface area (Å²) < 4.78 is 27.2. The van der Waals surface area contributed by atoms with Crippen molar-refractivity contribution in [3.63, 3.8) is 0 Å². The van der Waals surface area contributed by atoms with Crippen molar-refractivity contribution >= 4 is 35.0 Å². The van der Waals surface area contributed by atoms with Crippen LogP contribution in [0.1, 0.15) is 47.1 Å². The lowest BCUT2D eigenvalue weighted by molar-refractivity contribution is -0.136. The summed E-state index contributed by atoms with van der Waals surface area (Å²) in [4.78, 5) is 57.0. The maximum Gasteiger partial charge on any atom is 0.259 e. The Morgan fingerprint density at radius 3 is 1.73 bits per heavy atom. The van der Waals surface area contributed by atoms with Gasteiger partial charge in [0.25, 0.3) is 11.8 Å². The molecule has 0 unspecified atom stereocenters. The minimum absolute atomic E-state index is 0.0791. The van der Waals surface area contributed by atoms with E-state index in [4.69, 9.17) is 0 Å². The van der Waals surface area contributed by atoms with E-state index in [9.17, 15) is 28.0 Å². The van der Waals surface area contributed by atoms with Gasteiger partial charge in [-0.05, 0) is 47.6 Å². The van der Waals surface area contributed by atoms with Gasteiger partial charge in [0, 0.05) is 19.2 Å². The molecule has 0 fully saturated rings. The van der Waals surface area contributed by atoms with Crippen LogP contribution < -0.4 is 20.4 Å². The van der Waals surface area contributed by atoms with Crippen molar-refractivity contribution in [3.8, 4) is 0 Å². The Labute approximate surface area is 234 Å². The minimum Gasteiger partial charge on any atom is -0.344 e. The van der Waals surface area contributed by atoms with Gasteiger partial charge in [-0.1, -0.05) is 53.7 Å². The van der Waals surface area contributed by atoms with Crippen molar-refractivity contribution < 1.29 is 28.0 Å². The molecule has 1 aliphatic heterocycles. The lowest BCUT2D eigenvalue weighted by Crippen LogP contribution is -2.60. The zero-order valence-corrected chi connectivity index (χ0v) is 23.8. The lowest BCUT2D eigenvalue weighted by Gasteiger charge is -2.28. The van der Waals surface area contributed by atoms with Gasteiger partial charge in [-0.15, -0.1) is 0 Å². The summed E-state index contributed by atoms with van der Waals surface area (Å²) in [5, 5.41) is 5.21. The maximum atomic E-state index is 13.8. The highest BCUT2D eigenvalue weighted by atomic mass is 19.1. The van der Waals surface area contributed by atoms with Crippen LogP contribution in [0.3, 0.4) is 0 Å². The Bertz CT molecular complexity index is 1190. The van der Waals surface area contributed by atoms with Gasteiger partial charge in [0.1, 0.15) is 17.7 Å². The molecule has 0 bridgehead atoms. The average Bonchev–Trinajstić information content (AvgIpc) is 2.92. The number of halogens is 2. The van der Waals surface area contributed by atoms with Crippen molar-refractivity contribution in [2.24, 2.45) is 17.8 Å². The topological polar surface area (TPSA) is 98.8 Å². The maximum absolute atomic E-state index is 13.8. The molecule has 0 aromatic heterocycles. The molecule has 0 spiro atoms. The predicted octanol–water partition coefficient (Wildman–Crippen LogP) is 3.82. The number of hydrogen-bond donors (Lipinski definition) is 2. The Balaban J connectivity index is 1.90. The summed E-state index contributed by atoms with van der Waals surface area (Å²) in [6, 6.07) is 7.34. The van der Waals surface area contributed by atoms with Gasteiger partial charge in [-0.25, -0.2) is 8.78 Å². The summed E-state index contributed by atoms with van der Waals surface area (Å²) in [6.07, 6.45) is -0.355. The number of carbonyl (C=O) groups excluding carboxylic acids is 4. The average molecular weight is 557 g/mol. The largest absolute Gasteiger partial charge is 0.344 e. The van der Waals surface area contributed by atoms with E-state index in [2.05, 4.69) is 10.6 Å². The van der Waals surface area contributed by atoms with Gasteiger partial charge in [-0.3, -0.25) is 19.2 Å². The number of fused-ring (bicyclic) bond motifs is 1. The van der Waals surface area contributed by atoms with Crippen LogP contribution in [0, 0.1) is 29.4 Å². The van der Waals surface area contributed by atoms with Crippen molar-refractivity contribution in [1.82, 2.24) is 10.6 Å². The van der Waals surface area contributed by atoms with Crippen LogP contribution in [0.25, 0.3) is 0 Å². The molecule has 2 aromatic rings. The number of benzene rings is 2. The normalized spacial score (nSPS) is 15.0. The molecule has 8 nitrogen and oxygen atoms in total. The first-order valence-corrected chi connectivity index (χ1v) is 13.5. The van der Waals surface area contributed by atoms with Crippen LogP contribution in [0.4, 0.5) is 20.2 Å². The molecule has 0 saturated heterocycles. The van der Waals surface area contributed by atoms with Crippen LogP contribution in [0.2, 0.25) is 0 Å². The zero-order chi connectivity index (χ0) is 29.7. The number of rotatable bonds is 10. The standard InChI is InChI=1S/C30H38F2N4O4/c1-17(2)15-35-23-9-7-8-10-24(23)36(16-18(3)4)30(40)27(29(35)39)34-28(38)26(19(5)6)33-25(37)13-20-11-21(31)14-22(32)12-20/h7-12,14,17-19,26-27H,13,15-16H2,1-6H3,(H,33,37)(H,34,38)/t26-/m0/s1. The van der Waals surface area contributed by atoms with Crippen LogP contribution >= 0.6 is 0 Å². The molecule has 0 radical (unpaired) electrons. The van der Waals surface area contributed by atoms with Crippen molar-refractivity contribution in [2.45, 2.75) is 60.0 Å². The fourth-order valence-corrected chi connectivity index (χ4v) is 4.70. The molecule has 3 rings (SSSR count). The number of nitrogens with one attached hydrogen (secondary N) is 2. The number of hydrogen-bond acceptors (Lipinski definition) is 4. The molecule has 4 amide bonds. The number of nitrogens with zero attached hydrogens (tertiary/aromatic N) is 2. The lowest BCUT2D eigenvalue weighted by atomic mass is 10.0. The van der Waals surface area contributed by atoms with E-state index >= 15 is 0 Å². The molecule has 0 saturated carbocycles. The third-order valence-corrected chi connectivity index (χ3v) is 6.42. The molecule has 1 heterocycles. The monoisotopic (exact) mass is 556 g/mol. The van der Waals surface area contributed by atoms with E-state index < -0.39 is 53.3 Å². The highest BCUT2D eigenvalue weighted by Gasteiger charge is 2.42. The van der Waals surface area contributed by atoms with E-state index in [1.807, 2.05) is 27.7 Å². The van der Waals surface area contributed by atoms with Crippen LogP contribution in [-0.4, -0.2) is 48.8 Å². The predicted molar refractivity (Wildman–Crippen MR) is 150 cm³/mol. The van der Waals surface area contributed by atoms with Crippen molar-refractivity contribution in [1.29, 1.82) is 0 Å². The quantitative estimate of drug-likeness (QED) is 0.435. The molecule has 2 aromatic carbocycles. The third-order valence-electron chi connectivity index (χ3n) is 6.42. The Hall–Kier alpha value is -3.82. The van der Waals surface area contributed by atoms with Gasteiger partial charge >= 0.3 is 0 Å². The fraction of sp³-hybridized carbons (Fsp3) is 0.467. The Morgan fingerprint density at radius 2 is 1.30 bits per heavy atom. The first-order valence-electron chi connectivity index (χ1n) is 13.5. The minimum atomic E-state index is -1.51. The first-order chi connectivity index (χ1) is 18.8. The van der Waals surface area contributed by atoms with Crippen LogP contribution in [-0.2, 0) is 25.6 Å². The molecule has 10 heteroatoms. The van der Waals surface area contributed by atoms with Gasteiger partial charge in [0.2, 0.25) is 11.8 Å². The zero-order valence-electron chi connectivity index (χ0n) is 23.8. The molecule has 216 valence electrons. The van der Waals surface area contributed by atoms with E-state index in [-0.39, 0.29) is 23.8 Å². The van der Waals surface area contributed by atoms with Crippen molar-refractivity contribution in [2.75, 3.05) is 22.9 Å². The van der Waals surface area contributed by atoms with E-state index in [0.29, 0.717) is 30.5 Å². The molecular weight excluding hydrogens is 518 g/mol. The number of anilines is 2. The Morgan fingerprint density at radius 1 is 0.825 bits per heavy atom. The third kappa shape index (κ3) is 7.43. The first kappa shape index (κ1) is 30.7. The molecule has 40 heavy (non-hydrogen) atoms. The summed E-state index contributed by atoms with van der Waals surface area (Å²) >= 11 is 0. The molecule has 2 N–H and O–H groups in total. The summed E-state index contributed by atoms with van der Waals surface area (Å²) in [7, 11) is 0. The smallest absolute Gasteiger partial charge is 0.259 e. The highest BCUT2D eigenvalue weighted by molar-refractivity contribution is 6.21. The van der Waals surface area contributed by atoms with Gasteiger partial charge in [0.15, 0.2) is 6.04 Å². The summed E-state index contributed by atoms with van der Waals surface area (Å²) in [6.45, 7) is 11.9. The second kappa shape index (κ2) is 13.0. The summed E-state index contributed by atoms with van der Waals surface area (Å²) in [5.41, 5.74) is 1.28. The van der Waals surface area contributed by atoms with Crippen LogP contribution in [0.15, 0.2) is 42.5 Å². The summed E-state index contributed by atoms with van der Waals surface area (Å²) in [5.74, 6) is -4.35. The van der Waals surface area contributed by atoms with E-state index in [1.54, 1.807) is 38.1 Å². The van der Waals surface area contributed by atoms with Crippen molar-refractivity contribution in [3.05, 3.63) is 59.7 Å². The Kier molecular flexibility index (Phi) is 10.0. The molecular formula is C30H38F2N4O4. The highest BCUT2D eigenvalue weighted by Crippen LogP contribution is 2.34. The van der Waals surface area contributed by atoms with Gasteiger partial charge in [0.05, 0.1) is 17.8 Å². The van der Waals surface area contributed by atoms with E-state index in [0.717, 1.165) is 12.1 Å². The fourth-order valence-electron chi connectivity index (χ4n) is 4.70. The molecule has 1 atom stereocenters. The second-order valence-electron chi connectivity index (χ2n) is 11.4. The number of carbonyl (C=O) groups is 4. The second-order valence-corrected chi connectivity index (χ2v) is 11.4. The molecule has 0 aliphatic carbocycles. The number of para-hydroxylation sites is 2. The molecule has 1 aliphatic rings. The number of amides is 4. The van der Waals surface area contributed by atoms with Gasteiger partial charge in [-0.2, -0.15) is 0 Å².